The molecular formula is C11H22N2O2. The quantitative estimate of drug-likeness (QED) is 0.585. The van der Waals surface area contributed by atoms with Gasteiger partial charge in [-0.15, -0.1) is 0 Å². The van der Waals surface area contributed by atoms with E-state index in [1.807, 2.05) is 20.8 Å². The van der Waals surface area contributed by atoms with Gasteiger partial charge in [-0.25, -0.2) is 0 Å². The molecular weight excluding hydrogens is 192 g/mol. The van der Waals surface area contributed by atoms with Crippen molar-refractivity contribution in [2.75, 3.05) is 19.6 Å². The Morgan fingerprint density at radius 3 is 2.47 bits per heavy atom. The highest BCUT2D eigenvalue weighted by atomic mass is 16.2. The van der Waals surface area contributed by atoms with E-state index in [-0.39, 0.29) is 17.6 Å². The second-order valence-electron chi connectivity index (χ2n) is 3.85. The maximum absolute atomic E-state index is 11.2. The van der Waals surface area contributed by atoms with E-state index < -0.39 is 0 Å². The summed E-state index contributed by atoms with van der Waals surface area (Å²) in [7, 11) is 0. The van der Waals surface area contributed by atoms with Crippen LogP contribution in [-0.4, -0.2) is 31.3 Å². The molecule has 0 aromatic rings. The molecule has 0 aromatic carbocycles. The zero-order chi connectivity index (χ0) is 11.7. The fourth-order valence-electron chi connectivity index (χ4n) is 1.08. The lowest BCUT2D eigenvalue weighted by Crippen LogP contribution is -2.34. The number of hydrogen-bond acceptors (Lipinski definition) is 3. The fraction of sp³-hybridized carbons (Fsp3) is 0.818. The van der Waals surface area contributed by atoms with Gasteiger partial charge < -0.3 is 10.6 Å². The molecule has 0 heterocycles. The van der Waals surface area contributed by atoms with E-state index in [0.717, 1.165) is 13.0 Å². The average molecular weight is 214 g/mol. The monoisotopic (exact) mass is 214 g/mol. The molecule has 0 rings (SSSR count). The summed E-state index contributed by atoms with van der Waals surface area (Å²) in [6.07, 6.45) is 1.29. The number of carbonyl (C=O) groups excluding carboxylic acids is 2. The van der Waals surface area contributed by atoms with Crippen LogP contribution in [0, 0.1) is 5.92 Å². The van der Waals surface area contributed by atoms with Gasteiger partial charge in [-0.1, -0.05) is 20.8 Å². The van der Waals surface area contributed by atoms with Crippen LogP contribution in [0.3, 0.4) is 0 Å². The second-order valence-corrected chi connectivity index (χ2v) is 3.85. The molecule has 0 saturated carbocycles. The predicted molar refractivity (Wildman–Crippen MR) is 60.6 cm³/mol. The molecule has 0 bridgehead atoms. The highest BCUT2D eigenvalue weighted by Crippen LogP contribution is 2.00. The smallest absolute Gasteiger partial charge is 0.233 e. The molecule has 0 atom stereocenters. The number of rotatable bonds is 8. The zero-order valence-electron chi connectivity index (χ0n) is 9.93. The molecule has 88 valence electrons. The Morgan fingerprint density at radius 2 is 1.93 bits per heavy atom. The lowest BCUT2D eigenvalue weighted by molar-refractivity contribution is -0.123. The number of hydrogen-bond donors (Lipinski definition) is 2. The summed E-state index contributed by atoms with van der Waals surface area (Å²) in [6, 6.07) is 0. The van der Waals surface area contributed by atoms with Gasteiger partial charge in [-0.2, -0.15) is 0 Å². The van der Waals surface area contributed by atoms with Crippen LogP contribution >= 0.6 is 0 Å². The van der Waals surface area contributed by atoms with Crippen molar-refractivity contribution >= 4 is 11.7 Å². The van der Waals surface area contributed by atoms with Gasteiger partial charge in [0, 0.05) is 18.9 Å². The number of Topliss-reactive ketones (excluding diaryl/α,β-unsaturated/α-hetero) is 1. The molecule has 1 amide bonds. The van der Waals surface area contributed by atoms with Crippen LogP contribution in [0.15, 0.2) is 0 Å². The first-order valence-electron chi connectivity index (χ1n) is 5.58. The Balaban J connectivity index is 3.38. The van der Waals surface area contributed by atoms with Crippen molar-refractivity contribution in [2.24, 2.45) is 5.92 Å². The third-order valence-electron chi connectivity index (χ3n) is 2.10. The molecule has 4 nitrogen and oxygen atoms in total. The second kappa shape index (κ2) is 8.41. The molecule has 0 aliphatic carbocycles. The van der Waals surface area contributed by atoms with E-state index in [1.165, 1.54) is 0 Å². The maximum Gasteiger partial charge on any atom is 0.233 e. The number of amides is 1. The largest absolute Gasteiger partial charge is 0.355 e. The number of ketones is 1. The minimum atomic E-state index is -0.00570. The summed E-state index contributed by atoms with van der Waals surface area (Å²) in [6.45, 7) is 7.48. The van der Waals surface area contributed by atoms with Crippen molar-refractivity contribution in [3.05, 3.63) is 0 Å². The molecule has 0 spiro atoms. The number of likely N-dealkylation sites (N-methyl/N-ethyl adjacent to an activating group) is 1. The molecule has 15 heavy (non-hydrogen) atoms. The molecule has 0 fully saturated rings. The minimum absolute atomic E-state index is 0.00570. The molecule has 0 unspecified atom stereocenters. The van der Waals surface area contributed by atoms with E-state index in [4.69, 9.17) is 0 Å². The summed E-state index contributed by atoms with van der Waals surface area (Å²) >= 11 is 0. The predicted octanol–water partition coefficient (Wildman–Crippen LogP) is 0.717. The average Bonchev–Trinajstić information content (AvgIpc) is 2.20. The lowest BCUT2D eigenvalue weighted by atomic mass is 10.1. The molecule has 0 saturated heterocycles. The first-order valence-corrected chi connectivity index (χ1v) is 5.58. The highest BCUT2D eigenvalue weighted by Gasteiger charge is 2.06. The van der Waals surface area contributed by atoms with Crippen LogP contribution in [0.25, 0.3) is 0 Å². The van der Waals surface area contributed by atoms with Crippen molar-refractivity contribution in [1.29, 1.82) is 0 Å². The molecule has 0 aliphatic rings. The van der Waals surface area contributed by atoms with Gasteiger partial charge in [0.1, 0.15) is 5.78 Å². The Bertz CT molecular complexity index is 203. The van der Waals surface area contributed by atoms with Gasteiger partial charge in [0.05, 0.1) is 6.54 Å². The van der Waals surface area contributed by atoms with Crippen LogP contribution in [0.2, 0.25) is 0 Å². The fourth-order valence-corrected chi connectivity index (χ4v) is 1.08. The summed E-state index contributed by atoms with van der Waals surface area (Å²) in [5, 5.41) is 5.70. The first-order chi connectivity index (χ1) is 7.07. The van der Waals surface area contributed by atoms with E-state index in [1.54, 1.807) is 0 Å². The van der Waals surface area contributed by atoms with Crippen molar-refractivity contribution in [3.63, 3.8) is 0 Å². The third-order valence-corrected chi connectivity index (χ3v) is 2.10. The van der Waals surface area contributed by atoms with Crippen LogP contribution in [-0.2, 0) is 9.59 Å². The molecule has 0 aromatic heterocycles. The van der Waals surface area contributed by atoms with Crippen molar-refractivity contribution in [1.82, 2.24) is 10.6 Å². The Kier molecular flexibility index (Phi) is 7.91. The van der Waals surface area contributed by atoms with Gasteiger partial charge in [-0.05, 0) is 13.0 Å². The molecule has 0 radical (unpaired) electrons. The van der Waals surface area contributed by atoms with Gasteiger partial charge in [0.2, 0.25) is 5.91 Å². The standard InChI is InChI=1S/C11H22N2O2/c1-4-12-8-11(15)13-7-5-6-10(14)9(2)3/h9,12H,4-8H2,1-3H3,(H,13,15). The van der Waals surface area contributed by atoms with Crippen LogP contribution in [0.1, 0.15) is 33.6 Å². The summed E-state index contributed by atoms with van der Waals surface area (Å²) in [5.74, 6) is 0.354. The zero-order valence-corrected chi connectivity index (χ0v) is 9.93. The van der Waals surface area contributed by atoms with E-state index in [0.29, 0.717) is 19.5 Å². The van der Waals surface area contributed by atoms with E-state index in [9.17, 15) is 9.59 Å². The first kappa shape index (κ1) is 14.1. The Morgan fingerprint density at radius 1 is 1.27 bits per heavy atom. The summed E-state index contributed by atoms with van der Waals surface area (Å²) in [4.78, 5) is 22.4. The Hall–Kier alpha value is -0.900. The molecule has 4 heteroatoms. The SMILES string of the molecule is CCNCC(=O)NCCCC(=O)C(C)C. The normalized spacial score (nSPS) is 10.4. The van der Waals surface area contributed by atoms with Crippen molar-refractivity contribution in [3.8, 4) is 0 Å². The molecule has 0 aliphatic heterocycles. The van der Waals surface area contributed by atoms with Crippen LogP contribution in [0.4, 0.5) is 0 Å². The van der Waals surface area contributed by atoms with Gasteiger partial charge in [-0.3, -0.25) is 9.59 Å². The lowest BCUT2D eigenvalue weighted by Gasteiger charge is -2.06. The number of carbonyl (C=O) groups is 2. The van der Waals surface area contributed by atoms with Crippen molar-refractivity contribution < 1.29 is 9.59 Å². The minimum Gasteiger partial charge on any atom is -0.355 e. The van der Waals surface area contributed by atoms with Gasteiger partial charge in [0.15, 0.2) is 0 Å². The Labute approximate surface area is 91.8 Å². The van der Waals surface area contributed by atoms with E-state index >= 15 is 0 Å². The van der Waals surface area contributed by atoms with Crippen LogP contribution in [0.5, 0.6) is 0 Å². The summed E-state index contributed by atoms with van der Waals surface area (Å²) in [5.41, 5.74) is 0. The van der Waals surface area contributed by atoms with E-state index in [2.05, 4.69) is 10.6 Å². The highest BCUT2D eigenvalue weighted by molar-refractivity contribution is 5.80. The van der Waals surface area contributed by atoms with Crippen LogP contribution < -0.4 is 10.6 Å². The number of nitrogens with one attached hydrogen (secondary N) is 2. The summed E-state index contributed by atoms with van der Waals surface area (Å²) < 4.78 is 0. The third kappa shape index (κ3) is 8.12. The maximum atomic E-state index is 11.2. The molecule has 2 N–H and O–H groups in total. The van der Waals surface area contributed by atoms with Crippen molar-refractivity contribution in [2.45, 2.75) is 33.6 Å². The van der Waals surface area contributed by atoms with Gasteiger partial charge in [0.25, 0.3) is 0 Å². The van der Waals surface area contributed by atoms with Gasteiger partial charge >= 0.3 is 0 Å². The topological polar surface area (TPSA) is 58.2 Å².